The summed E-state index contributed by atoms with van der Waals surface area (Å²) >= 11 is -1.49. The molecule has 0 nitrogen and oxygen atoms in total. The van der Waals surface area contributed by atoms with Crippen LogP contribution in [0, 0.1) is 0 Å². The average Bonchev–Trinajstić information content (AvgIpc) is 3.21. The first kappa shape index (κ1) is 23.9. The molecule has 28 heavy (non-hydrogen) atoms. The number of halogens is 2. The van der Waals surface area contributed by atoms with Crippen LogP contribution in [-0.4, -0.2) is 19.8 Å². The average molecular weight is 592 g/mol. The van der Waals surface area contributed by atoms with E-state index in [2.05, 4.69) is 88.8 Å². The standard InChI is InChI=1S/C22H15.2CH3.2ClH.Sn.Zr/c1-3-8-17-15(6-1)12-13-21(17)20-11-5-10-19-18-9-4-2-7-16(18)14-22(19)20;;;;;;/h1-14,21H;2*1H3;2*1H;;. The Morgan fingerprint density at radius 3 is 2.04 bits per heavy atom. The zero-order valence-corrected chi connectivity index (χ0v) is 22.9. The fourth-order valence-corrected chi connectivity index (χ4v) is 9.74. The second-order valence-electron chi connectivity index (χ2n) is 7.37. The number of allylic oxidation sites excluding steroid dienone is 1. The van der Waals surface area contributed by atoms with E-state index in [4.69, 9.17) is 0 Å². The van der Waals surface area contributed by atoms with E-state index in [0.29, 0.717) is 9.85 Å². The molecule has 0 saturated carbocycles. The van der Waals surface area contributed by atoms with Crippen molar-refractivity contribution < 1.29 is 26.2 Å². The smallest absolute Gasteiger partial charge is 0 e. The summed E-state index contributed by atoms with van der Waals surface area (Å²) in [5.41, 5.74) is 10.5. The fourth-order valence-electron chi connectivity index (χ4n) is 4.68. The van der Waals surface area contributed by atoms with Crippen LogP contribution in [0.4, 0.5) is 0 Å². The van der Waals surface area contributed by atoms with Crippen molar-refractivity contribution in [2.75, 3.05) is 0 Å². The summed E-state index contributed by atoms with van der Waals surface area (Å²) in [7, 11) is 0. The molecule has 0 saturated heterocycles. The summed E-state index contributed by atoms with van der Waals surface area (Å²) in [5, 5.41) is 0. The Balaban J connectivity index is 0.000000934. The molecular weight excluding hydrogens is 569 g/mol. The van der Waals surface area contributed by atoms with E-state index in [0.717, 1.165) is 0 Å². The Hall–Kier alpha value is -0.338. The van der Waals surface area contributed by atoms with E-state index in [-0.39, 0.29) is 51.0 Å². The topological polar surface area (TPSA) is 0 Å². The van der Waals surface area contributed by atoms with Crippen molar-refractivity contribution in [1.29, 1.82) is 0 Å². The molecule has 141 valence electrons. The molecule has 0 spiro atoms. The molecule has 0 amide bonds. The molecule has 0 fully saturated rings. The normalized spacial score (nSPS) is 17.7. The SMILES string of the molecule is Cl.Cl.[CH3][Sn]([CH3])[CH]1c2ccccc2-c2cccc(C3C=Cc4ccccc43)c21.[Zr]. The molecule has 5 rings (SSSR count). The fraction of sp³-hybridized carbons (Fsp3) is 0.167. The molecular formula is C24H23Cl2SnZr. The van der Waals surface area contributed by atoms with Gasteiger partial charge in [0.25, 0.3) is 0 Å². The minimum Gasteiger partial charge on any atom is 0 e. The van der Waals surface area contributed by atoms with Gasteiger partial charge >= 0.3 is 157 Å². The third-order valence-corrected chi connectivity index (χ3v) is 10.7. The van der Waals surface area contributed by atoms with E-state index in [1.165, 1.54) is 27.8 Å². The molecule has 2 aliphatic rings. The first-order chi connectivity index (χ1) is 12.3. The molecule has 3 aromatic carbocycles. The van der Waals surface area contributed by atoms with Gasteiger partial charge in [-0.15, -0.1) is 24.8 Å². The third kappa shape index (κ3) is 3.73. The largest absolute Gasteiger partial charge is 0 e. The molecule has 0 heterocycles. The van der Waals surface area contributed by atoms with Gasteiger partial charge in [-0.25, -0.2) is 0 Å². The van der Waals surface area contributed by atoms with Crippen molar-refractivity contribution in [1.82, 2.24) is 0 Å². The Morgan fingerprint density at radius 2 is 1.29 bits per heavy atom. The number of benzene rings is 3. The molecule has 2 aliphatic carbocycles. The van der Waals surface area contributed by atoms with Crippen LogP contribution in [0.5, 0.6) is 0 Å². The Bertz CT molecular complexity index is 1010. The van der Waals surface area contributed by atoms with Crippen LogP contribution in [0.25, 0.3) is 17.2 Å². The van der Waals surface area contributed by atoms with Crippen LogP contribution in [0.1, 0.15) is 37.7 Å². The number of fused-ring (bicyclic) bond motifs is 4. The minimum absolute atomic E-state index is 0. The molecule has 2 unspecified atom stereocenters. The summed E-state index contributed by atoms with van der Waals surface area (Å²) in [5.74, 6) is 0.408. The second-order valence-corrected chi connectivity index (χ2v) is 15.2. The van der Waals surface area contributed by atoms with E-state index >= 15 is 0 Å². The van der Waals surface area contributed by atoms with Crippen LogP contribution >= 0.6 is 24.8 Å². The monoisotopic (exact) mass is 591 g/mol. The quantitative estimate of drug-likeness (QED) is 0.279. The maximum absolute atomic E-state index is 2.55. The van der Waals surface area contributed by atoms with Gasteiger partial charge in [0.15, 0.2) is 0 Å². The van der Waals surface area contributed by atoms with E-state index in [9.17, 15) is 0 Å². The number of rotatable bonds is 2. The zero-order chi connectivity index (χ0) is 17.0. The summed E-state index contributed by atoms with van der Waals surface area (Å²) in [6, 6.07) is 24.9. The number of hydrogen-bond donors (Lipinski definition) is 0. The summed E-state index contributed by atoms with van der Waals surface area (Å²) < 4.78 is 0.686. The molecule has 0 N–H and O–H groups in total. The van der Waals surface area contributed by atoms with Crippen LogP contribution in [0.15, 0.2) is 72.8 Å². The maximum Gasteiger partial charge on any atom is 0 e. The molecule has 1 radical (unpaired) electrons. The molecule has 0 bridgehead atoms. The molecule has 0 aliphatic heterocycles. The van der Waals surface area contributed by atoms with Gasteiger partial charge in [-0.3, -0.25) is 0 Å². The van der Waals surface area contributed by atoms with Gasteiger partial charge < -0.3 is 0 Å². The maximum atomic E-state index is 2.55. The van der Waals surface area contributed by atoms with Gasteiger partial charge in [-0.2, -0.15) is 0 Å². The zero-order valence-electron chi connectivity index (χ0n) is 16.0. The Labute approximate surface area is 206 Å². The predicted octanol–water partition coefficient (Wildman–Crippen LogP) is 7.09. The molecule has 3 aromatic rings. The predicted molar refractivity (Wildman–Crippen MR) is 123 cm³/mol. The van der Waals surface area contributed by atoms with Gasteiger partial charge in [0.05, 0.1) is 0 Å². The minimum atomic E-state index is -1.49. The molecule has 4 heteroatoms. The van der Waals surface area contributed by atoms with Gasteiger partial charge in [-0.1, -0.05) is 0 Å². The molecule has 2 atom stereocenters. The van der Waals surface area contributed by atoms with Crippen LogP contribution in [0.2, 0.25) is 9.88 Å². The van der Waals surface area contributed by atoms with Gasteiger partial charge in [-0.05, 0) is 0 Å². The second kappa shape index (κ2) is 9.65. The van der Waals surface area contributed by atoms with Gasteiger partial charge in [0.1, 0.15) is 0 Å². The van der Waals surface area contributed by atoms with Gasteiger partial charge in [0, 0.05) is 26.2 Å². The van der Waals surface area contributed by atoms with Crippen LogP contribution in [0.3, 0.4) is 0 Å². The van der Waals surface area contributed by atoms with Crippen molar-refractivity contribution in [2.24, 2.45) is 0 Å². The van der Waals surface area contributed by atoms with Gasteiger partial charge in [0.2, 0.25) is 0 Å². The van der Waals surface area contributed by atoms with E-state index in [1.54, 1.807) is 11.1 Å². The van der Waals surface area contributed by atoms with Crippen molar-refractivity contribution in [2.45, 2.75) is 19.7 Å². The Kier molecular flexibility index (Phi) is 8.25. The molecule has 0 aromatic heterocycles. The van der Waals surface area contributed by atoms with E-state index in [1.807, 2.05) is 0 Å². The summed E-state index contributed by atoms with van der Waals surface area (Å²) in [6.45, 7) is 0. The van der Waals surface area contributed by atoms with Crippen LogP contribution < -0.4 is 0 Å². The van der Waals surface area contributed by atoms with Crippen molar-refractivity contribution in [3.05, 3.63) is 101 Å². The third-order valence-electron chi connectivity index (χ3n) is 5.70. The first-order valence-corrected chi connectivity index (χ1v) is 16.4. The Morgan fingerprint density at radius 1 is 0.679 bits per heavy atom. The van der Waals surface area contributed by atoms with Crippen molar-refractivity contribution in [3.8, 4) is 11.1 Å². The first-order valence-electron chi connectivity index (χ1n) is 9.05. The number of hydrogen-bond acceptors (Lipinski definition) is 0. The van der Waals surface area contributed by atoms with Crippen molar-refractivity contribution >= 4 is 50.6 Å². The van der Waals surface area contributed by atoms with E-state index < -0.39 is 19.8 Å². The van der Waals surface area contributed by atoms with Crippen LogP contribution in [-0.2, 0) is 26.2 Å². The summed E-state index contributed by atoms with van der Waals surface area (Å²) in [4.78, 5) is 5.10. The van der Waals surface area contributed by atoms with Crippen molar-refractivity contribution in [3.63, 3.8) is 0 Å². The summed E-state index contributed by atoms with van der Waals surface area (Å²) in [6.07, 6.45) is 4.70.